The van der Waals surface area contributed by atoms with Crippen molar-refractivity contribution in [3.63, 3.8) is 0 Å². The van der Waals surface area contributed by atoms with E-state index in [9.17, 15) is 22.0 Å². The van der Waals surface area contributed by atoms with Crippen molar-refractivity contribution in [3.8, 4) is 0 Å². The van der Waals surface area contributed by atoms with Crippen molar-refractivity contribution in [2.24, 2.45) is 0 Å². The number of likely N-dealkylation sites (N-methyl/N-ethyl adjacent to an activating group) is 1. The highest BCUT2D eigenvalue weighted by atomic mass is 19.2. The Bertz CT molecular complexity index is 497. The first kappa shape index (κ1) is 15.0. The minimum atomic E-state index is -2.14. The molecule has 112 valence electrons. The van der Waals surface area contributed by atoms with Crippen molar-refractivity contribution in [3.05, 3.63) is 29.1 Å². The lowest BCUT2D eigenvalue weighted by molar-refractivity contribution is 0.0737. The Morgan fingerprint density at radius 3 is 1.70 bits per heavy atom. The predicted octanol–water partition coefficient (Wildman–Crippen LogP) is 3.28. The van der Waals surface area contributed by atoms with Gasteiger partial charge < -0.3 is 10.2 Å². The molecule has 20 heavy (non-hydrogen) atoms. The van der Waals surface area contributed by atoms with Gasteiger partial charge in [0.05, 0.1) is 0 Å². The average Bonchev–Trinajstić information content (AvgIpc) is 2.36. The third kappa shape index (κ3) is 2.24. The smallest absolute Gasteiger partial charge is 0.200 e. The minimum Gasteiger partial charge on any atom is -0.378 e. The van der Waals surface area contributed by atoms with E-state index in [4.69, 9.17) is 0 Å². The molecule has 0 heterocycles. The molecule has 2 nitrogen and oxygen atoms in total. The molecular weight excluding hydrogens is 279 g/mol. The molecular formula is C13H15F5N2. The van der Waals surface area contributed by atoms with Crippen molar-refractivity contribution >= 4 is 5.69 Å². The fourth-order valence-corrected chi connectivity index (χ4v) is 2.38. The van der Waals surface area contributed by atoms with Crippen LogP contribution in [0.2, 0.25) is 0 Å². The third-order valence-corrected chi connectivity index (χ3v) is 4.04. The van der Waals surface area contributed by atoms with Gasteiger partial charge in [-0.15, -0.1) is 0 Å². The Morgan fingerprint density at radius 2 is 1.35 bits per heavy atom. The summed E-state index contributed by atoms with van der Waals surface area (Å²) in [5, 5.41) is 2.38. The van der Waals surface area contributed by atoms with Gasteiger partial charge in [-0.25, -0.2) is 22.0 Å². The Hall–Kier alpha value is -1.37. The van der Waals surface area contributed by atoms with E-state index in [1.54, 1.807) is 0 Å². The quantitative estimate of drug-likeness (QED) is 0.521. The second-order valence-electron chi connectivity index (χ2n) is 5.27. The highest BCUT2D eigenvalue weighted by Crippen LogP contribution is 2.37. The third-order valence-electron chi connectivity index (χ3n) is 4.04. The number of anilines is 1. The van der Waals surface area contributed by atoms with Crippen molar-refractivity contribution in [1.29, 1.82) is 0 Å². The summed E-state index contributed by atoms with van der Waals surface area (Å²) < 4.78 is 66.1. The monoisotopic (exact) mass is 294 g/mol. The number of hydrogen-bond acceptors (Lipinski definition) is 2. The summed E-state index contributed by atoms with van der Waals surface area (Å²) in [4.78, 5) is 1.90. The van der Waals surface area contributed by atoms with Crippen LogP contribution < -0.4 is 5.32 Å². The molecule has 0 saturated heterocycles. The first-order chi connectivity index (χ1) is 9.30. The largest absolute Gasteiger partial charge is 0.378 e. The van der Waals surface area contributed by atoms with Crippen LogP contribution in [0.4, 0.5) is 27.6 Å². The van der Waals surface area contributed by atoms with Crippen molar-refractivity contribution in [2.75, 3.05) is 26.0 Å². The SMILES string of the molecule is CN(C)C1(CNc2c(F)c(F)c(F)c(F)c2F)CCC1. The molecule has 1 fully saturated rings. The summed E-state index contributed by atoms with van der Waals surface area (Å²) in [5.41, 5.74) is -1.27. The fourth-order valence-electron chi connectivity index (χ4n) is 2.38. The number of nitrogens with zero attached hydrogens (tertiary/aromatic N) is 1. The van der Waals surface area contributed by atoms with Crippen LogP contribution in [0.25, 0.3) is 0 Å². The first-order valence-corrected chi connectivity index (χ1v) is 6.23. The molecule has 1 saturated carbocycles. The number of benzene rings is 1. The molecule has 0 unspecified atom stereocenters. The van der Waals surface area contributed by atoms with Gasteiger partial charge in [-0.05, 0) is 33.4 Å². The minimum absolute atomic E-state index is 0.123. The van der Waals surface area contributed by atoms with Gasteiger partial charge in [-0.3, -0.25) is 0 Å². The van der Waals surface area contributed by atoms with E-state index in [1.165, 1.54) is 0 Å². The summed E-state index contributed by atoms with van der Waals surface area (Å²) in [6.45, 7) is 0.123. The number of hydrogen-bond donors (Lipinski definition) is 1. The van der Waals surface area contributed by atoms with Gasteiger partial charge in [0.25, 0.3) is 0 Å². The summed E-state index contributed by atoms with van der Waals surface area (Å²) in [7, 11) is 3.64. The highest BCUT2D eigenvalue weighted by Gasteiger charge is 2.39. The molecule has 0 bridgehead atoms. The predicted molar refractivity (Wildman–Crippen MR) is 65.0 cm³/mol. The van der Waals surface area contributed by atoms with Crippen molar-refractivity contribution in [1.82, 2.24) is 4.90 Å². The van der Waals surface area contributed by atoms with E-state index in [0.717, 1.165) is 19.3 Å². The first-order valence-electron chi connectivity index (χ1n) is 6.23. The molecule has 1 N–H and O–H groups in total. The van der Waals surface area contributed by atoms with Gasteiger partial charge in [0, 0.05) is 12.1 Å². The molecule has 0 aliphatic heterocycles. The van der Waals surface area contributed by atoms with Crippen LogP contribution in [-0.2, 0) is 0 Å². The molecule has 7 heteroatoms. The van der Waals surface area contributed by atoms with Gasteiger partial charge in [0.1, 0.15) is 5.69 Å². The second-order valence-corrected chi connectivity index (χ2v) is 5.27. The molecule has 1 aromatic carbocycles. The summed E-state index contributed by atoms with van der Waals surface area (Å²) in [5.74, 6) is -9.65. The van der Waals surface area contributed by atoms with Crippen LogP contribution in [0, 0.1) is 29.1 Å². The number of nitrogens with one attached hydrogen (secondary N) is 1. The summed E-state index contributed by atoms with van der Waals surface area (Å²) in [6, 6.07) is 0. The maximum atomic E-state index is 13.5. The maximum Gasteiger partial charge on any atom is 0.200 e. The van der Waals surface area contributed by atoms with Gasteiger partial charge in [-0.2, -0.15) is 0 Å². The fraction of sp³-hybridized carbons (Fsp3) is 0.538. The van der Waals surface area contributed by atoms with E-state index in [0.29, 0.717) is 0 Å². The normalized spacial score (nSPS) is 17.2. The Morgan fingerprint density at radius 1 is 0.900 bits per heavy atom. The van der Waals surface area contributed by atoms with Crippen LogP contribution in [0.15, 0.2) is 0 Å². The molecule has 0 aromatic heterocycles. The van der Waals surface area contributed by atoms with Gasteiger partial charge in [0.2, 0.25) is 5.82 Å². The molecule has 1 aromatic rings. The lowest BCUT2D eigenvalue weighted by Crippen LogP contribution is -2.54. The van der Waals surface area contributed by atoms with E-state index >= 15 is 0 Å². The molecule has 1 aliphatic carbocycles. The summed E-state index contributed by atoms with van der Waals surface area (Å²) in [6.07, 6.45) is 2.59. The van der Waals surface area contributed by atoms with Gasteiger partial charge in [-0.1, -0.05) is 0 Å². The topological polar surface area (TPSA) is 15.3 Å². The molecule has 0 atom stereocenters. The number of rotatable bonds is 4. The zero-order chi connectivity index (χ0) is 15.1. The van der Waals surface area contributed by atoms with Crippen LogP contribution >= 0.6 is 0 Å². The van der Waals surface area contributed by atoms with Gasteiger partial charge >= 0.3 is 0 Å². The second kappa shape index (κ2) is 5.20. The average molecular weight is 294 g/mol. The van der Waals surface area contributed by atoms with E-state index in [-0.39, 0.29) is 12.1 Å². The molecule has 0 spiro atoms. The maximum absolute atomic E-state index is 13.5. The van der Waals surface area contributed by atoms with Crippen LogP contribution in [0.5, 0.6) is 0 Å². The number of halogens is 5. The van der Waals surface area contributed by atoms with Gasteiger partial charge in [0.15, 0.2) is 23.3 Å². The molecule has 1 aliphatic rings. The van der Waals surface area contributed by atoms with Crippen molar-refractivity contribution < 1.29 is 22.0 Å². The lowest BCUT2D eigenvalue weighted by atomic mass is 9.75. The molecule has 0 radical (unpaired) electrons. The highest BCUT2D eigenvalue weighted by molar-refractivity contribution is 5.48. The van der Waals surface area contributed by atoms with Crippen molar-refractivity contribution in [2.45, 2.75) is 24.8 Å². The molecule has 2 rings (SSSR count). The van der Waals surface area contributed by atoms with Crippen LogP contribution in [-0.4, -0.2) is 31.1 Å². The zero-order valence-electron chi connectivity index (χ0n) is 11.2. The Labute approximate surface area is 113 Å². The Balaban J connectivity index is 2.26. The van der Waals surface area contributed by atoms with E-state index < -0.39 is 34.8 Å². The molecule has 0 amide bonds. The van der Waals surface area contributed by atoms with E-state index in [1.807, 2.05) is 19.0 Å². The summed E-state index contributed by atoms with van der Waals surface area (Å²) >= 11 is 0. The van der Waals surface area contributed by atoms with E-state index in [2.05, 4.69) is 5.32 Å². The van der Waals surface area contributed by atoms with Crippen LogP contribution in [0.1, 0.15) is 19.3 Å². The Kier molecular flexibility index (Phi) is 3.90. The zero-order valence-corrected chi connectivity index (χ0v) is 11.2. The van der Waals surface area contributed by atoms with Crippen LogP contribution in [0.3, 0.4) is 0 Å². The lowest BCUT2D eigenvalue weighted by Gasteiger charge is -2.47. The standard InChI is InChI=1S/C13H15F5N2/c1-20(2)13(4-3-5-13)6-19-12-10(17)8(15)7(14)9(16)11(12)18/h19H,3-6H2,1-2H3.